The summed E-state index contributed by atoms with van der Waals surface area (Å²) >= 11 is 0. The fourth-order valence-corrected chi connectivity index (χ4v) is 3.68. The molecule has 0 amide bonds. The molecule has 1 aromatic heterocycles. The lowest BCUT2D eigenvalue weighted by molar-refractivity contribution is 0.695. The summed E-state index contributed by atoms with van der Waals surface area (Å²) in [5, 5.41) is 11.6. The van der Waals surface area contributed by atoms with Crippen LogP contribution in [-0.4, -0.2) is 10.7 Å². The van der Waals surface area contributed by atoms with Gasteiger partial charge in [0, 0.05) is 28.6 Å². The van der Waals surface area contributed by atoms with Gasteiger partial charge in [-0.25, -0.2) is 4.98 Å². The maximum absolute atomic E-state index is 8.04. The van der Waals surface area contributed by atoms with Crippen LogP contribution in [0.5, 0.6) is 0 Å². The van der Waals surface area contributed by atoms with Gasteiger partial charge in [-0.1, -0.05) is 45.3 Å². The van der Waals surface area contributed by atoms with Gasteiger partial charge in [0.15, 0.2) is 0 Å². The van der Waals surface area contributed by atoms with E-state index < -0.39 is 0 Å². The first-order chi connectivity index (χ1) is 12.1. The average molecular weight is 340 g/mol. The van der Waals surface area contributed by atoms with Crippen molar-refractivity contribution in [2.45, 2.75) is 78.6 Å². The molecule has 0 aliphatic heterocycles. The van der Waals surface area contributed by atoms with E-state index in [-0.39, 0.29) is 0 Å². The fourth-order valence-electron chi connectivity index (χ4n) is 3.68. The van der Waals surface area contributed by atoms with Crippen molar-refractivity contribution in [2.24, 2.45) is 0 Å². The van der Waals surface area contributed by atoms with Gasteiger partial charge in [-0.2, -0.15) is 0 Å². The van der Waals surface area contributed by atoms with Gasteiger partial charge in [-0.15, -0.1) is 0 Å². The Morgan fingerprint density at radius 3 is 2.56 bits per heavy atom. The number of aryl methyl sites for hydroxylation is 1. The summed E-state index contributed by atoms with van der Waals surface area (Å²) in [5.74, 6) is 1.54. The Balaban J connectivity index is 2.35. The minimum Gasteiger partial charge on any atom is -0.340 e. The Labute approximate surface area is 153 Å². The smallest absolute Gasteiger partial charge is 0.130 e. The van der Waals surface area contributed by atoms with Gasteiger partial charge >= 0.3 is 0 Å². The predicted molar refractivity (Wildman–Crippen MR) is 109 cm³/mol. The summed E-state index contributed by atoms with van der Waals surface area (Å²) in [6.45, 7) is 8.18. The standard InChI is InChI=1S/C22H33N3/c1-5-10-17-14-21(18-12-8-9-13-18)25-22(15-17)24-20(11-6-2)19(7-3)16(4)23/h7,11,14-15,18,23H,5-6,8-10,12-13H2,1-4H3,(H,24,25)/b19-7-,20-11+,23-16?. The summed E-state index contributed by atoms with van der Waals surface area (Å²) in [5.41, 5.74) is 5.14. The first-order valence-corrected chi connectivity index (χ1v) is 9.79. The van der Waals surface area contributed by atoms with Gasteiger partial charge in [-0.3, -0.25) is 0 Å². The Hall–Kier alpha value is -1.90. The third-order valence-electron chi connectivity index (χ3n) is 4.87. The van der Waals surface area contributed by atoms with E-state index in [1.807, 2.05) is 19.9 Å². The van der Waals surface area contributed by atoms with Gasteiger partial charge in [0.05, 0.1) is 0 Å². The number of nitrogens with one attached hydrogen (secondary N) is 2. The van der Waals surface area contributed by atoms with Crippen molar-refractivity contribution in [1.29, 1.82) is 5.41 Å². The minimum absolute atomic E-state index is 0.579. The van der Waals surface area contributed by atoms with Gasteiger partial charge in [0.2, 0.25) is 0 Å². The van der Waals surface area contributed by atoms with Crippen LogP contribution in [0.25, 0.3) is 0 Å². The quantitative estimate of drug-likeness (QED) is 0.426. The number of hydrogen-bond acceptors (Lipinski definition) is 3. The van der Waals surface area contributed by atoms with E-state index in [1.165, 1.54) is 36.9 Å². The summed E-state index contributed by atoms with van der Waals surface area (Å²) < 4.78 is 0. The number of allylic oxidation sites excluding steroid dienone is 3. The van der Waals surface area contributed by atoms with Crippen LogP contribution < -0.4 is 5.32 Å². The largest absolute Gasteiger partial charge is 0.340 e. The van der Waals surface area contributed by atoms with E-state index >= 15 is 0 Å². The highest BCUT2D eigenvalue weighted by Gasteiger charge is 2.20. The zero-order chi connectivity index (χ0) is 18.2. The van der Waals surface area contributed by atoms with Crippen molar-refractivity contribution in [3.8, 4) is 0 Å². The van der Waals surface area contributed by atoms with E-state index in [1.54, 1.807) is 0 Å². The maximum atomic E-state index is 8.04. The Morgan fingerprint density at radius 1 is 1.28 bits per heavy atom. The van der Waals surface area contributed by atoms with Crippen LogP contribution in [0.3, 0.4) is 0 Å². The third-order valence-corrected chi connectivity index (χ3v) is 4.87. The van der Waals surface area contributed by atoms with Crippen molar-refractivity contribution in [3.05, 3.63) is 46.8 Å². The molecule has 1 aromatic rings. The number of rotatable bonds is 8. The summed E-state index contributed by atoms with van der Waals surface area (Å²) in [4.78, 5) is 4.95. The highest BCUT2D eigenvalue weighted by atomic mass is 15.0. The molecule has 3 nitrogen and oxygen atoms in total. The molecule has 136 valence electrons. The zero-order valence-electron chi connectivity index (χ0n) is 16.3. The second-order valence-electron chi connectivity index (χ2n) is 7.00. The predicted octanol–water partition coefficient (Wildman–Crippen LogP) is 6.38. The lowest BCUT2D eigenvalue weighted by atomic mass is 10.00. The monoisotopic (exact) mass is 339 g/mol. The second kappa shape index (κ2) is 9.55. The maximum Gasteiger partial charge on any atom is 0.130 e. The molecule has 1 heterocycles. The van der Waals surface area contributed by atoms with E-state index in [0.29, 0.717) is 11.6 Å². The highest BCUT2D eigenvalue weighted by Crippen LogP contribution is 2.34. The van der Waals surface area contributed by atoms with Crippen molar-refractivity contribution in [3.63, 3.8) is 0 Å². The summed E-state index contributed by atoms with van der Waals surface area (Å²) in [7, 11) is 0. The molecular formula is C22H33N3. The van der Waals surface area contributed by atoms with Crippen molar-refractivity contribution in [1.82, 2.24) is 4.98 Å². The molecule has 1 fully saturated rings. The van der Waals surface area contributed by atoms with Gasteiger partial charge in [-0.05, 0) is 57.2 Å². The van der Waals surface area contributed by atoms with Crippen molar-refractivity contribution in [2.75, 3.05) is 5.32 Å². The van der Waals surface area contributed by atoms with Crippen molar-refractivity contribution < 1.29 is 0 Å². The number of hydrogen-bond donors (Lipinski definition) is 2. The Bertz CT molecular complexity index is 649. The molecule has 2 N–H and O–H groups in total. The zero-order valence-corrected chi connectivity index (χ0v) is 16.3. The van der Waals surface area contributed by atoms with Crippen LogP contribution in [0.2, 0.25) is 0 Å². The molecule has 0 radical (unpaired) electrons. The molecule has 1 aliphatic rings. The molecule has 0 unspecified atom stereocenters. The summed E-state index contributed by atoms with van der Waals surface area (Å²) in [6, 6.07) is 4.49. The summed E-state index contributed by atoms with van der Waals surface area (Å²) in [6.07, 6.45) is 12.5. The van der Waals surface area contributed by atoms with Gasteiger partial charge < -0.3 is 10.7 Å². The van der Waals surface area contributed by atoms with E-state index in [4.69, 9.17) is 10.4 Å². The van der Waals surface area contributed by atoms with Crippen LogP contribution in [0, 0.1) is 5.41 Å². The second-order valence-corrected chi connectivity index (χ2v) is 7.00. The third kappa shape index (κ3) is 5.29. The van der Waals surface area contributed by atoms with Crippen LogP contribution in [0.1, 0.15) is 83.4 Å². The number of pyridine rings is 1. The SMILES string of the molecule is C/C=C(C(C)=N)\C(=C/CC)Nc1cc(CCC)cc(C2CCCC2)n1. The molecule has 1 saturated carbocycles. The first kappa shape index (κ1) is 19.4. The van der Waals surface area contributed by atoms with Gasteiger partial charge in [0.1, 0.15) is 5.82 Å². The van der Waals surface area contributed by atoms with Crippen molar-refractivity contribution >= 4 is 11.5 Å². The van der Waals surface area contributed by atoms with E-state index in [2.05, 4.69) is 37.4 Å². The topological polar surface area (TPSA) is 48.8 Å². The molecule has 2 rings (SSSR count). The molecule has 1 aliphatic carbocycles. The van der Waals surface area contributed by atoms with Crippen LogP contribution in [0.15, 0.2) is 35.6 Å². The normalized spacial score (nSPS) is 16.3. The molecule has 25 heavy (non-hydrogen) atoms. The lowest BCUT2D eigenvalue weighted by Crippen LogP contribution is -2.11. The number of anilines is 1. The molecule has 0 spiro atoms. The number of aromatic nitrogens is 1. The van der Waals surface area contributed by atoms with Crippen LogP contribution >= 0.6 is 0 Å². The number of nitrogens with zero attached hydrogens (tertiary/aromatic N) is 1. The molecule has 0 atom stereocenters. The average Bonchev–Trinajstić information content (AvgIpc) is 3.10. The Kier molecular flexibility index (Phi) is 7.42. The van der Waals surface area contributed by atoms with E-state index in [9.17, 15) is 0 Å². The Morgan fingerprint density at radius 2 is 2.00 bits per heavy atom. The highest BCUT2D eigenvalue weighted by molar-refractivity contribution is 6.00. The molecular weight excluding hydrogens is 306 g/mol. The molecule has 0 bridgehead atoms. The first-order valence-electron chi connectivity index (χ1n) is 9.79. The van der Waals surface area contributed by atoms with E-state index in [0.717, 1.165) is 36.4 Å². The fraction of sp³-hybridized carbons (Fsp3) is 0.545. The van der Waals surface area contributed by atoms with Crippen LogP contribution in [0.4, 0.5) is 5.82 Å². The minimum atomic E-state index is 0.579. The molecule has 3 heteroatoms. The van der Waals surface area contributed by atoms with Gasteiger partial charge in [0.25, 0.3) is 0 Å². The molecule has 0 saturated heterocycles. The lowest BCUT2D eigenvalue weighted by Gasteiger charge is -2.17. The molecule has 0 aromatic carbocycles. The van der Waals surface area contributed by atoms with Crippen LogP contribution in [-0.2, 0) is 6.42 Å².